The first-order valence-electron chi connectivity index (χ1n) is 6.68. The van der Waals surface area contributed by atoms with Gasteiger partial charge in [0.15, 0.2) is 11.5 Å². The third-order valence-electron chi connectivity index (χ3n) is 3.13. The van der Waals surface area contributed by atoms with Crippen LogP contribution in [0.1, 0.15) is 0 Å². The van der Waals surface area contributed by atoms with E-state index in [1.807, 2.05) is 0 Å². The van der Waals surface area contributed by atoms with Crippen molar-refractivity contribution in [3.05, 3.63) is 53.6 Å². The molecule has 0 bridgehead atoms. The van der Waals surface area contributed by atoms with Gasteiger partial charge in [-0.1, -0.05) is 35.9 Å². The van der Waals surface area contributed by atoms with E-state index in [1.54, 1.807) is 17.4 Å². The zero-order valence-corrected chi connectivity index (χ0v) is 12.6. The Morgan fingerprint density at radius 3 is 2.08 bits per heavy atom. The van der Waals surface area contributed by atoms with Crippen LogP contribution in [0.4, 0.5) is 23.7 Å². The highest BCUT2D eigenvalue weighted by molar-refractivity contribution is 6.33. The number of alkyl halides is 3. The summed E-state index contributed by atoms with van der Waals surface area (Å²) in [6.45, 7) is 0. The van der Waals surface area contributed by atoms with Gasteiger partial charge in [-0.15, -0.1) is 0 Å². The molecule has 0 aromatic heterocycles. The van der Waals surface area contributed by atoms with Crippen LogP contribution in [0.25, 0.3) is 0 Å². The molecule has 0 aliphatic carbocycles. The summed E-state index contributed by atoms with van der Waals surface area (Å²) in [6, 6.07) is 10.5. The minimum Gasteiger partial charge on any atom is -0.424 e. The summed E-state index contributed by atoms with van der Waals surface area (Å²) in [6.07, 6.45) is -5.02. The summed E-state index contributed by atoms with van der Waals surface area (Å²) in [5, 5.41) is 4.07. The van der Waals surface area contributed by atoms with Crippen LogP contribution in [0.5, 0.6) is 11.5 Å². The van der Waals surface area contributed by atoms with Gasteiger partial charge in [0.25, 0.3) is 0 Å². The van der Waals surface area contributed by atoms with Crippen molar-refractivity contribution < 1.29 is 27.4 Å². The van der Waals surface area contributed by atoms with Gasteiger partial charge in [-0.25, -0.2) is 4.79 Å². The fourth-order valence-electron chi connectivity index (χ4n) is 2.05. The van der Waals surface area contributed by atoms with Crippen LogP contribution < -0.4 is 20.1 Å². The molecule has 1 aliphatic rings. The smallest absolute Gasteiger partial charge is 0.424 e. The van der Waals surface area contributed by atoms with E-state index in [4.69, 9.17) is 21.1 Å². The van der Waals surface area contributed by atoms with Crippen molar-refractivity contribution in [1.29, 1.82) is 0 Å². The molecule has 3 rings (SSSR count). The molecule has 0 radical (unpaired) electrons. The number of nitrogens with one attached hydrogen (secondary N) is 2. The average Bonchev–Trinajstić information content (AvgIpc) is 2.88. The Morgan fingerprint density at radius 2 is 1.54 bits per heavy atom. The summed E-state index contributed by atoms with van der Waals surface area (Å²) in [7, 11) is 0. The van der Waals surface area contributed by atoms with E-state index in [9.17, 15) is 18.0 Å². The second-order valence-corrected chi connectivity index (χ2v) is 5.23. The molecule has 0 saturated heterocycles. The normalized spacial score (nSPS) is 15.0. The number of anilines is 1. The molecule has 0 atom stereocenters. The number of para-hydroxylation sites is 3. The second-order valence-electron chi connectivity index (χ2n) is 4.82. The fraction of sp³-hybridized carbons (Fsp3) is 0.133. The molecule has 2 aromatic rings. The molecule has 2 amide bonds. The molecule has 2 N–H and O–H groups in total. The first-order chi connectivity index (χ1) is 11.3. The number of amides is 2. The number of carbonyl (C=O) groups is 1. The Hall–Kier alpha value is -2.61. The van der Waals surface area contributed by atoms with Crippen LogP contribution in [0.15, 0.2) is 48.5 Å². The zero-order valence-electron chi connectivity index (χ0n) is 11.9. The molecule has 0 unspecified atom stereocenters. The lowest BCUT2D eigenvalue weighted by Crippen LogP contribution is -2.65. The Kier molecular flexibility index (Phi) is 3.92. The molecule has 126 valence electrons. The first-order valence-corrected chi connectivity index (χ1v) is 7.06. The number of hydrogen-bond acceptors (Lipinski definition) is 3. The van der Waals surface area contributed by atoms with Crippen molar-refractivity contribution in [2.24, 2.45) is 0 Å². The van der Waals surface area contributed by atoms with E-state index < -0.39 is 18.1 Å². The average molecular weight is 359 g/mol. The van der Waals surface area contributed by atoms with Crippen molar-refractivity contribution in [2.75, 3.05) is 5.32 Å². The molecule has 1 heterocycles. The third-order valence-corrected chi connectivity index (χ3v) is 3.46. The fourth-order valence-corrected chi connectivity index (χ4v) is 2.24. The van der Waals surface area contributed by atoms with Gasteiger partial charge in [0, 0.05) is 0 Å². The van der Waals surface area contributed by atoms with Crippen molar-refractivity contribution >= 4 is 23.3 Å². The molecule has 1 aliphatic heterocycles. The van der Waals surface area contributed by atoms with Gasteiger partial charge >= 0.3 is 18.1 Å². The van der Waals surface area contributed by atoms with Gasteiger partial charge in [-0.2, -0.15) is 13.2 Å². The van der Waals surface area contributed by atoms with Gasteiger partial charge < -0.3 is 14.8 Å². The lowest BCUT2D eigenvalue weighted by atomic mass is 10.3. The molecule has 0 spiro atoms. The lowest BCUT2D eigenvalue weighted by molar-refractivity contribution is -0.317. The summed E-state index contributed by atoms with van der Waals surface area (Å²) in [4.78, 5) is 12.0. The predicted molar refractivity (Wildman–Crippen MR) is 80.1 cm³/mol. The summed E-state index contributed by atoms with van der Waals surface area (Å²) in [5.74, 6) is -3.58. The molecule has 0 saturated carbocycles. The molecule has 0 fully saturated rings. The topological polar surface area (TPSA) is 59.6 Å². The number of carbonyl (C=O) groups excluding carboxylic acids is 1. The number of benzene rings is 2. The van der Waals surface area contributed by atoms with Crippen LogP contribution in [0.2, 0.25) is 5.02 Å². The van der Waals surface area contributed by atoms with Crippen LogP contribution >= 0.6 is 11.6 Å². The molecule has 24 heavy (non-hydrogen) atoms. The largest absolute Gasteiger partial charge is 0.492 e. The molecule has 2 aromatic carbocycles. The Balaban J connectivity index is 1.82. The molecular formula is C15H10ClF3N2O3. The highest BCUT2D eigenvalue weighted by Crippen LogP contribution is 2.44. The third kappa shape index (κ3) is 2.92. The maximum Gasteiger partial charge on any atom is 0.492 e. The molecule has 5 nitrogen and oxygen atoms in total. The van der Waals surface area contributed by atoms with Gasteiger partial charge in [0.05, 0.1) is 10.7 Å². The van der Waals surface area contributed by atoms with Crippen molar-refractivity contribution in [3.63, 3.8) is 0 Å². The predicted octanol–water partition coefficient (Wildman–Crippen LogP) is 4.15. The van der Waals surface area contributed by atoms with Gasteiger partial charge in [-0.3, -0.25) is 5.32 Å². The van der Waals surface area contributed by atoms with Crippen molar-refractivity contribution in [3.8, 4) is 11.5 Å². The first kappa shape index (κ1) is 16.3. The van der Waals surface area contributed by atoms with E-state index in [1.165, 1.54) is 36.4 Å². The molecular weight excluding hydrogens is 349 g/mol. The minimum absolute atomic E-state index is 0.132. The number of fused-ring (bicyclic) bond motifs is 1. The number of ether oxygens (including phenoxy) is 2. The number of halogens is 4. The number of urea groups is 1. The maximum absolute atomic E-state index is 13.4. The van der Waals surface area contributed by atoms with E-state index >= 15 is 0 Å². The van der Waals surface area contributed by atoms with Crippen LogP contribution in [-0.2, 0) is 0 Å². The number of hydrogen-bond donors (Lipinski definition) is 2. The van der Waals surface area contributed by atoms with Crippen molar-refractivity contribution in [2.45, 2.75) is 12.1 Å². The van der Waals surface area contributed by atoms with E-state index in [2.05, 4.69) is 5.32 Å². The highest BCUT2D eigenvalue weighted by atomic mass is 35.5. The SMILES string of the molecule is O=C(Nc1ccccc1Cl)NC1(C(F)(F)F)Oc2ccccc2O1. The van der Waals surface area contributed by atoms with Crippen LogP contribution in [0.3, 0.4) is 0 Å². The van der Waals surface area contributed by atoms with E-state index in [0.717, 1.165) is 0 Å². The quantitative estimate of drug-likeness (QED) is 0.848. The number of rotatable bonds is 2. The second kappa shape index (κ2) is 5.79. The Bertz CT molecular complexity index is 758. The summed E-state index contributed by atoms with van der Waals surface area (Å²) >= 11 is 5.86. The van der Waals surface area contributed by atoms with Crippen LogP contribution in [0, 0.1) is 0 Å². The van der Waals surface area contributed by atoms with Crippen LogP contribution in [-0.4, -0.2) is 18.1 Å². The van der Waals surface area contributed by atoms with Crippen molar-refractivity contribution in [1.82, 2.24) is 5.32 Å². The zero-order chi connectivity index (χ0) is 17.4. The minimum atomic E-state index is -5.02. The monoisotopic (exact) mass is 358 g/mol. The summed E-state index contributed by atoms with van der Waals surface area (Å²) < 4.78 is 50.0. The Morgan fingerprint density at radius 1 is 1.00 bits per heavy atom. The molecule has 9 heteroatoms. The summed E-state index contributed by atoms with van der Waals surface area (Å²) in [5.41, 5.74) is 0.143. The van der Waals surface area contributed by atoms with E-state index in [0.29, 0.717) is 0 Å². The standard InChI is InChI=1S/C15H10ClF3N2O3/c16-9-5-1-2-6-10(9)20-13(22)21-15(14(17,18)19)23-11-7-3-4-8-12(11)24-15/h1-8H,(H2,20,21,22). The Labute approximate surface area is 139 Å². The van der Waals surface area contributed by atoms with E-state index in [-0.39, 0.29) is 22.2 Å². The maximum atomic E-state index is 13.4. The van der Waals surface area contributed by atoms with Gasteiger partial charge in [0.1, 0.15) is 0 Å². The van der Waals surface area contributed by atoms with Gasteiger partial charge in [-0.05, 0) is 24.3 Å². The lowest BCUT2D eigenvalue weighted by Gasteiger charge is -2.29. The highest BCUT2D eigenvalue weighted by Gasteiger charge is 2.65. The van der Waals surface area contributed by atoms with Gasteiger partial charge in [0.2, 0.25) is 0 Å².